The Kier molecular flexibility index (Phi) is 5.58. The topological polar surface area (TPSA) is 82.3 Å². The number of rotatable bonds is 5. The second-order valence-electron chi connectivity index (χ2n) is 6.54. The van der Waals surface area contributed by atoms with E-state index in [0.717, 1.165) is 18.4 Å². The molecule has 2 bridgehead atoms. The summed E-state index contributed by atoms with van der Waals surface area (Å²) >= 11 is 5.81. The van der Waals surface area contributed by atoms with E-state index in [-0.39, 0.29) is 24.5 Å². The van der Waals surface area contributed by atoms with Crippen LogP contribution in [-0.4, -0.2) is 36.6 Å². The maximum atomic E-state index is 12.0. The van der Waals surface area contributed by atoms with Gasteiger partial charge in [0.05, 0.1) is 6.54 Å². The van der Waals surface area contributed by atoms with Crippen molar-refractivity contribution < 1.29 is 9.59 Å². The number of amides is 3. The zero-order chi connectivity index (χ0) is 16.9. The van der Waals surface area contributed by atoms with Crippen molar-refractivity contribution in [3.8, 4) is 0 Å². The molecule has 6 nitrogen and oxygen atoms in total. The van der Waals surface area contributed by atoms with E-state index in [4.69, 9.17) is 11.6 Å². The summed E-state index contributed by atoms with van der Waals surface area (Å²) in [6.45, 7) is 0.383. The molecule has 0 aliphatic carbocycles. The molecule has 0 radical (unpaired) electrons. The molecule has 1 aromatic carbocycles. The number of halogens is 1. The summed E-state index contributed by atoms with van der Waals surface area (Å²) < 4.78 is 0. The Morgan fingerprint density at radius 2 is 1.75 bits per heavy atom. The van der Waals surface area contributed by atoms with E-state index in [1.54, 1.807) is 12.1 Å². The van der Waals surface area contributed by atoms with Crippen LogP contribution in [0.3, 0.4) is 0 Å². The van der Waals surface area contributed by atoms with Gasteiger partial charge in [-0.15, -0.1) is 0 Å². The van der Waals surface area contributed by atoms with Gasteiger partial charge in [-0.25, -0.2) is 4.79 Å². The maximum absolute atomic E-state index is 12.0. The van der Waals surface area contributed by atoms with Crippen LogP contribution in [0, 0.1) is 0 Å². The van der Waals surface area contributed by atoms with E-state index < -0.39 is 0 Å². The zero-order valence-corrected chi connectivity index (χ0v) is 14.2. The first-order valence-electron chi connectivity index (χ1n) is 8.40. The third kappa shape index (κ3) is 4.85. The fourth-order valence-corrected chi connectivity index (χ4v) is 3.59. The first kappa shape index (κ1) is 17.0. The third-order valence-corrected chi connectivity index (χ3v) is 4.87. The molecule has 2 heterocycles. The summed E-state index contributed by atoms with van der Waals surface area (Å²) in [4.78, 5) is 23.7. The van der Waals surface area contributed by atoms with Crippen LogP contribution in [0.4, 0.5) is 4.79 Å². The molecule has 2 atom stereocenters. The molecule has 3 rings (SSSR count). The average molecular weight is 351 g/mol. The van der Waals surface area contributed by atoms with Gasteiger partial charge in [0.1, 0.15) is 0 Å². The van der Waals surface area contributed by atoms with Crippen LogP contribution < -0.4 is 21.3 Å². The predicted molar refractivity (Wildman–Crippen MR) is 92.8 cm³/mol. The highest BCUT2D eigenvalue weighted by Gasteiger charge is 2.33. The minimum Gasteiger partial charge on any atom is -0.352 e. The van der Waals surface area contributed by atoms with Crippen LogP contribution in [0.2, 0.25) is 5.02 Å². The molecule has 7 heteroatoms. The number of fused-ring (bicyclic) bond motifs is 2. The molecule has 0 spiro atoms. The standard InChI is InChI=1S/C17H23ClN4O2/c18-12-3-1-11(2-4-12)9-19-17(24)20-10-16(23)22-15-7-13-5-6-14(8-15)21-13/h1-4,13-15,21H,5-10H2,(H,22,23)(H2,19,20,24). The van der Waals surface area contributed by atoms with Crippen LogP contribution in [-0.2, 0) is 11.3 Å². The van der Waals surface area contributed by atoms with Crippen molar-refractivity contribution in [2.24, 2.45) is 0 Å². The van der Waals surface area contributed by atoms with Gasteiger partial charge in [-0.1, -0.05) is 23.7 Å². The van der Waals surface area contributed by atoms with Gasteiger partial charge in [-0.05, 0) is 43.4 Å². The molecular weight excluding hydrogens is 328 g/mol. The summed E-state index contributed by atoms with van der Waals surface area (Å²) in [5.74, 6) is -0.136. The van der Waals surface area contributed by atoms with Crippen LogP contribution in [0.25, 0.3) is 0 Å². The summed E-state index contributed by atoms with van der Waals surface area (Å²) in [5, 5.41) is 12.5. The Morgan fingerprint density at radius 3 is 2.42 bits per heavy atom. The molecule has 130 valence electrons. The SMILES string of the molecule is O=C(CNC(=O)NCc1ccc(Cl)cc1)NC1CC2CCC(C1)N2. The van der Waals surface area contributed by atoms with Crippen molar-refractivity contribution in [3.63, 3.8) is 0 Å². The monoisotopic (exact) mass is 350 g/mol. The number of urea groups is 1. The van der Waals surface area contributed by atoms with Crippen molar-refractivity contribution in [2.75, 3.05) is 6.54 Å². The van der Waals surface area contributed by atoms with Crippen molar-refractivity contribution in [1.29, 1.82) is 0 Å². The van der Waals surface area contributed by atoms with E-state index in [9.17, 15) is 9.59 Å². The van der Waals surface area contributed by atoms with Crippen molar-refractivity contribution >= 4 is 23.5 Å². The molecule has 0 saturated carbocycles. The van der Waals surface area contributed by atoms with E-state index in [2.05, 4.69) is 21.3 Å². The Balaban J connectivity index is 1.33. The average Bonchev–Trinajstić information content (AvgIpc) is 2.91. The quantitative estimate of drug-likeness (QED) is 0.650. The van der Waals surface area contributed by atoms with Crippen LogP contribution >= 0.6 is 11.6 Å². The van der Waals surface area contributed by atoms with Gasteiger partial charge in [0, 0.05) is 29.7 Å². The third-order valence-electron chi connectivity index (χ3n) is 4.61. The Hall–Kier alpha value is -1.79. The van der Waals surface area contributed by atoms with E-state index in [1.165, 1.54) is 12.8 Å². The number of piperidine rings is 1. The van der Waals surface area contributed by atoms with E-state index in [1.807, 2.05) is 12.1 Å². The highest BCUT2D eigenvalue weighted by atomic mass is 35.5. The normalized spacial score (nSPS) is 25.1. The van der Waals surface area contributed by atoms with Gasteiger partial charge in [-0.2, -0.15) is 0 Å². The predicted octanol–water partition coefficient (Wildman–Crippen LogP) is 1.54. The Labute approximate surface area is 146 Å². The molecule has 3 amide bonds. The smallest absolute Gasteiger partial charge is 0.315 e. The van der Waals surface area contributed by atoms with Crippen molar-refractivity contribution in [3.05, 3.63) is 34.9 Å². The maximum Gasteiger partial charge on any atom is 0.315 e. The molecule has 1 aromatic rings. The molecule has 0 aromatic heterocycles. The van der Waals surface area contributed by atoms with E-state index in [0.29, 0.717) is 23.7 Å². The van der Waals surface area contributed by atoms with Gasteiger partial charge >= 0.3 is 6.03 Å². The second kappa shape index (κ2) is 7.85. The van der Waals surface area contributed by atoms with Crippen molar-refractivity contribution in [1.82, 2.24) is 21.3 Å². The lowest BCUT2D eigenvalue weighted by Gasteiger charge is -2.29. The zero-order valence-electron chi connectivity index (χ0n) is 13.5. The van der Waals surface area contributed by atoms with Gasteiger partial charge in [0.15, 0.2) is 0 Å². The summed E-state index contributed by atoms with van der Waals surface area (Å²) in [7, 11) is 0. The molecule has 24 heavy (non-hydrogen) atoms. The first-order chi connectivity index (χ1) is 11.6. The van der Waals surface area contributed by atoms with E-state index >= 15 is 0 Å². The largest absolute Gasteiger partial charge is 0.352 e. The van der Waals surface area contributed by atoms with Crippen LogP contribution in [0.5, 0.6) is 0 Å². The summed E-state index contributed by atoms with van der Waals surface area (Å²) in [6, 6.07) is 8.17. The molecule has 2 unspecified atom stereocenters. The van der Waals surface area contributed by atoms with Crippen LogP contribution in [0.1, 0.15) is 31.2 Å². The Morgan fingerprint density at radius 1 is 1.08 bits per heavy atom. The first-order valence-corrected chi connectivity index (χ1v) is 8.78. The minimum absolute atomic E-state index is 0.00822. The minimum atomic E-state index is -0.356. The number of benzene rings is 1. The fraction of sp³-hybridized carbons (Fsp3) is 0.529. The van der Waals surface area contributed by atoms with Gasteiger partial charge in [-0.3, -0.25) is 4.79 Å². The number of carbonyl (C=O) groups excluding carboxylic acids is 2. The lowest BCUT2D eigenvalue weighted by molar-refractivity contribution is -0.121. The second-order valence-corrected chi connectivity index (χ2v) is 6.97. The highest BCUT2D eigenvalue weighted by Crippen LogP contribution is 2.26. The molecule has 2 fully saturated rings. The number of hydrogen-bond acceptors (Lipinski definition) is 3. The van der Waals surface area contributed by atoms with Crippen molar-refractivity contribution in [2.45, 2.75) is 50.4 Å². The molecular formula is C17H23ClN4O2. The molecule has 2 saturated heterocycles. The summed E-state index contributed by atoms with van der Waals surface area (Å²) in [5.41, 5.74) is 0.948. The van der Waals surface area contributed by atoms with Gasteiger partial charge < -0.3 is 21.3 Å². The van der Waals surface area contributed by atoms with Gasteiger partial charge in [0.2, 0.25) is 5.91 Å². The summed E-state index contributed by atoms with van der Waals surface area (Å²) in [6.07, 6.45) is 4.35. The fourth-order valence-electron chi connectivity index (χ4n) is 3.46. The molecule has 2 aliphatic heterocycles. The van der Waals surface area contributed by atoms with Crippen LogP contribution in [0.15, 0.2) is 24.3 Å². The highest BCUT2D eigenvalue weighted by molar-refractivity contribution is 6.30. The number of carbonyl (C=O) groups is 2. The molecule has 2 aliphatic rings. The lowest BCUT2D eigenvalue weighted by atomic mass is 10.00. The van der Waals surface area contributed by atoms with Gasteiger partial charge in [0.25, 0.3) is 0 Å². The molecule has 4 N–H and O–H groups in total. The Bertz CT molecular complexity index is 581. The number of hydrogen-bond donors (Lipinski definition) is 4. The lowest BCUT2D eigenvalue weighted by Crippen LogP contribution is -2.50. The number of nitrogens with one attached hydrogen (secondary N) is 4.